The molecule has 4 bridgehead atoms. The predicted octanol–water partition coefficient (Wildman–Crippen LogP) is 4.10. The van der Waals surface area contributed by atoms with Crippen molar-refractivity contribution in [3.05, 3.63) is 42.0 Å². The molecule has 9 nitrogen and oxygen atoms in total. The zero-order valence-electron chi connectivity index (χ0n) is 23.7. The Morgan fingerprint density at radius 1 is 1.14 bits per heavy atom. The van der Waals surface area contributed by atoms with E-state index in [2.05, 4.69) is 25.1 Å². The van der Waals surface area contributed by atoms with E-state index in [-0.39, 0.29) is 64.0 Å². The quantitative estimate of drug-likeness (QED) is 0.358. The number of aromatic hydroxyl groups is 1. The molecule has 2 N–H and O–H groups in total. The number of hydrogen-bond donors (Lipinski definition) is 2. The molecule has 1 saturated carbocycles. The monoisotopic (exact) mass is 602 g/mol. The second kappa shape index (κ2) is 8.42. The van der Waals surface area contributed by atoms with Gasteiger partial charge < -0.3 is 24.8 Å². The number of fused-ring (bicyclic) bond motifs is 2. The number of anilines is 1. The Labute approximate surface area is 250 Å². The maximum absolute atomic E-state index is 16.8. The van der Waals surface area contributed by atoms with Gasteiger partial charge in [-0.25, -0.2) is 18.2 Å². The Hall–Kier alpha value is -3.90. The number of nitrogens with one attached hydrogen (secondary N) is 1. The maximum atomic E-state index is 16.8. The molecule has 44 heavy (non-hydrogen) atoms. The van der Waals surface area contributed by atoms with Crippen molar-refractivity contribution < 1.29 is 27.8 Å². The molecular weight excluding hydrogens is 573 g/mol. The largest absolute Gasteiger partial charge is 0.508 e. The summed E-state index contributed by atoms with van der Waals surface area (Å²) in [5.41, 5.74) is -0.913. The first-order chi connectivity index (χ1) is 21.3. The van der Waals surface area contributed by atoms with Gasteiger partial charge in [-0.2, -0.15) is 9.97 Å². The SMILES string of the molecule is Oc1cc(-c2nc3c4c(nc(OC[C@@]56CCCN5C[C@H](F)C6)nc4c2F)N2C[C@H]4C[C@H]5C(N4)[C@@]52CO3)c2c(F)cccc2c1. The van der Waals surface area contributed by atoms with Crippen LogP contribution in [0.5, 0.6) is 17.6 Å². The molecule has 2 aromatic heterocycles. The van der Waals surface area contributed by atoms with Gasteiger partial charge in [0.25, 0.3) is 0 Å². The summed E-state index contributed by atoms with van der Waals surface area (Å²) < 4.78 is 59.2. The van der Waals surface area contributed by atoms with E-state index in [0.29, 0.717) is 48.6 Å². The average molecular weight is 603 g/mol. The van der Waals surface area contributed by atoms with E-state index in [1.54, 1.807) is 6.07 Å². The zero-order valence-corrected chi connectivity index (χ0v) is 23.7. The molecule has 5 saturated heterocycles. The number of alkyl halides is 1. The number of rotatable bonds is 4. The van der Waals surface area contributed by atoms with Crippen molar-refractivity contribution in [1.29, 1.82) is 0 Å². The Morgan fingerprint density at radius 2 is 2.05 bits per heavy atom. The Morgan fingerprint density at radius 3 is 2.91 bits per heavy atom. The second-order valence-corrected chi connectivity index (χ2v) is 13.4. The molecule has 2 aromatic carbocycles. The fourth-order valence-electron chi connectivity index (χ4n) is 9.21. The highest BCUT2D eigenvalue weighted by atomic mass is 19.1. The number of aromatic nitrogens is 3. The summed E-state index contributed by atoms with van der Waals surface area (Å²) in [6, 6.07) is 7.73. The van der Waals surface area contributed by atoms with Crippen molar-refractivity contribution in [2.75, 3.05) is 37.7 Å². The molecule has 12 heteroatoms. The molecule has 4 aromatic rings. The molecule has 11 rings (SSSR count). The van der Waals surface area contributed by atoms with Crippen molar-refractivity contribution in [2.45, 2.75) is 55.0 Å². The van der Waals surface area contributed by atoms with Gasteiger partial charge in [0.2, 0.25) is 5.88 Å². The number of hydrogen-bond acceptors (Lipinski definition) is 9. The molecule has 7 aliphatic rings. The van der Waals surface area contributed by atoms with Gasteiger partial charge in [-0.1, -0.05) is 12.1 Å². The summed E-state index contributed by atoms with van der Waals surface area (Å²) in [4.78, 5) is 18.5. The maximum Gasteiger partial charge on any atom is 0.319 e. The fraction of sp³-hybridized carbons (Fsp3) is 0.469. The van der Waals surface area contributed by atoms with Gasteiger partial charge >= 0.3 is 6.01 Å². The molecule has 6 fully saturated rings. The van der Waals surface area contributed by atoms with E-state index in [0.717, 1.165) is 25.8 Å². The van der Waals surface area contributed by atoms with Crippen LogP contribution in [0.2, 0.25) is 0 Å². The number of nitrogens with zero attached hydrogens (tertiary/aromatic N) is 5. The third-order valence-corrected chi connectivity index (χ3v) is 11.1. The number of pyridine rings is 1. The van der Waals surface area contributed by atoms with Crippen LogP contribution >= 0.6 is 0 Å². The number of piperidine rings is 2. The van der Waals surface area contributed by atoms with E-state index >= 15 is 8.78 Å². The van der Waals surface area contributed by atoms with Crippen molar-refractivity contribution in [3.63, 3.8) is 0 Å². The summed E-state index contributed by atoms with van der Waals surface area (Å²) in [5.74, 6) is -0.465. The average Bonchev–Trinajstić information content (AvgIpc) is 3.24. The third-order valence-electron chi connectivity index (χ3n) is 11.1. The molecule has 0 radical (unpaired) electrons. The van der Waals surface area contributed by atoms with Gasteiger partial charge in [0, 0.05) is 48.5 Å². The lowest BCUT2D eigenvalue weighted by atomic mass is 9.95. The van der Waals surface area contributed by atoms with Crippen LogP contribution in [0.4, 0.5) is 19.0 Å². The molecule has 1 spiro atoms. The fourth-order valence-corrected chi connectivity index (χ4v) is 9.21. The Kier molecular flexibility index (Phi) is 4.87. The molecule has 1 aliphatic carbocycles. The van der Waals surface area contributed by atoms with Gasteiger partial charge in [-0.3, -0.25) is 4.90 Å². The van der Waals surface area contributed by atoms with Crippen LogP contribution in [0.15, 0.2) is 30.3 Å². The van der Waals surface area contributed by atoms with E-state index in [4.69, 9.17) is 14.5 Å². The summed E-state index contributed by atoms with van der Waals surface area (Å²) in [7, 11) is 0. The van der Waals surface area contributed by atoms with Gasteiger partial charge in [0.05, 0.1) is 11.1 Å². The van der Waals surface area contributed by atoms with Crippen LogP contribution in [0, 0.1) is 17.6 Å². The van der Waals surface area contributed by atoms with Gasteiger partial charge in [-0.15, -0.1) is 0 Å². The summed E-state index contributed by atoms with van der Waals surface area (Å²) in [6.45, 7) is 2.41. The van der Waals surface area contributed by atoms with Crippen molar-refractivity contribution >= 4 is 27.5 Å². The van der Waals surface area contributed by atoms with Crippen molar-refractivity contribution in [1.82, 2.24) is 25.2 Å². The molecule has 1 unspecified atom stereocenters. The van der Waals surface area contributed by atoms with Crippen LogP contribution in [0.1, 0.15) is 25.7 Å². The lowest BCUT2D eigenvalue weighted by Gasteiger charge is -2.42. The van der Waals surface area contributed by atoms with Gasteiger partial charge in [0.1, 0.15) is 53.4 Å². The highest BCUT2D eigenvalue weighted by Gasteiger charge is 2.76. The number of halogens is 3. The number of piperazine rings is 1. The van der Waals surface area contributed by atoms with Crippen LogP contribution in [0.3, 0.4) is 0 Å². The molecule has 8 heterocycles. The summed E-state index contributed by atoms with van der Waals surface area (Å²) >= 11 is 0. The first kappa shape index (κ1) is 25.4. The topological polar surface area (TPSA) is 95.9 Å². The van der Waals surface area contributed by atoms with E-state index in [1.807, 2.05) is 0 Å². The normalized spacial score (nSPS) is 32.9. The minimum absolute atomic E-state index is 0.00596. The molecule has 6 atom stereocenters. The minimum Gasteiger partial charge on any atom is -0.508 e. The first-order valence-electron chi connectivity index (χ1n) is 15.4. The highest BCUT2D eigenvalue weighted by Crippen LogP contribution is 2.62. The van der Waals surface area contributed by atoms with Crippen molar-refractivity contribution in [3.8, 4) is 28.9 Å². The van der Waals surface area contributed by atoms with Crippen molar-refractivity contribution in [2.24, 2.45) is 5.92 Å². The number of phenols is 1. The first-order valence-corrected chi connectivity index (χ1v) is 15.4. The minimum atomic E-state index is -0.913. The van der Waals surface area contributed by atoms with E-state index < -0.39 is 23.3 Å². The summed E-state index contributed by atoms with van der Waals surface area (Å²) in [6.07, 6.45) is 2.28. The Bertz CT molecular complexity index is 1910. The summed E-state index contributed by atoms with van der Waals surface area (Å²) in [5, 5.41) is 15.1. The molecule has 226 valence electrons. The third kappa shape index (κ3) is 3.20. The predicted molar refractivity (Wildman–Crippen MR) is 155 cm³/mol. The highest BCUT2D eigenvalue weighted by molar-refractivity contribution is 6.02. The molecule has 6 aliphatic heterocycles. The lowest BCUT2D eigenvalue weighted by molar-refractivity contribution is 0.107. The number of ether oxygens (including phenoxy) is 2. The van der Waals surface area contributed by atoms with Crippen LogP contribution in [-0.2, 0) is 0 Å². The van der Waals surface area contributed by atoms with Crippen LogP contribution in [-0.4, -0.2) is 87.1 Å². The van der Waals surface area contributed by atoms with Crippen LogP contribution < -0.4 is 19.7 Å². The Balaban J connectivity index is 1.17. The molecule has 0 amide bonds. The van der Waals surface area contributed by atoms with Gasteiger partial charge in [0.15, 0.2) is 5.82 Å². The number of benzene rings is 2. The van der Waals surface area contributed by atoms with E-state index in [1.165, 1.54) is 24.3 Å². The standard InChI is InChI=1S/C32H29F3N6O3/c33-16-10-31(5-2-6-40(31)11-16)13-44-30-38-26-23-28(39-30)41-12-17-8-20-27(36-17)32(20,41)14-43-29(23)37-25(24(26)35)19-9-18(42)7-15-3-1-4-21(34)22(15)19/h1,3-4,7,9,16-17,20,27,36,42H,2,5-6,8,10-14H2/t16-,17-,20+,27?,31+,32-/m1/s1. The second-order valence-electron chi connectivity index (χ2n) is 13.4. The molecular formula is C32H29F3N6O3. The van der Waals surface area contributed by atoms with E-state index in [9.17, 15) is 9.50 Å². The smallest absolute Gasteiger partial charge is 0.319 e. The van der Waals surface area contributed by atoms with Crippen LogP contribution in [0.25, 0.3) is 32.9 Å². The van der Waals surface area contributed by atoms with Gasteiger partial charge in [-0.05, 0) is 49.4 Å². The lowest BCUT2D eigenvalue weighted by Crippen LogP contribution is -2.60. The number of phenolic OH excluding ortho intramolecular Hbond substituents is 1. The zero-order chi connectivity index (χ0) is 29.5.